The van der Waals surface area contributed by atoms with Crippen LogP contribution >= 0.6 is 0 Å². The van der Waals surface area contributed by atoms with E-state index in [2.05, 4.69) is 33.8 Å². The molecule has 2 aromatic heterocycles. The van der Waals surface area contributed by atoms with Gasteiger partial charge in [0.2, 0.25) is 5.82 Å². The monoisotopic (exact) mass is 294 g/mol. The quantitative estimate of drug-likeness (QED) is 0.697. The summed E-state index contributed by atoms with van der Waals surface area (Å²) in [5, 5.41) is 5.40. The maximum absolute atomic E-state index is 12.5. The van der Waals surface area contributed by atoms with Gasteiger partial charge in [-0.1, -0.05) is 25.2 Å². The van der Waals surface area contributed by atoms with Crippen molar-refractivity contribution in [3.8, 4) is 23.4 Å². The Morgan fingerprint density at radius 3 is 2.81 bits per heavy atom. The molecular formula is C14H13F3N4. The van der Waals surface area contributed by atoms with E-state index in [1.54, 1.807) is 12.1 Å². The van der Waals surface area contributed by atoms with Crippen LogP contribution in [0.1, 0.15) is 37.6 Å². The highest BCUT2D eigenvalue weighted by Gasteiger charge is 2.35. The first-order chi connectivity index (χ1) is 10.0. The first kappa shape index (κ1) is 15.0. The zero-order valence-electron chi connectivity index (χ0n) is 11.3. The summed E-state index contributed by atoms with van der Waals surface area (Å²) in [7, 11) is 0. The van der Waals surface area contributed by atoms with Gasteiger partial charge in [0.1, 0.15) is 5.69 Å². The molecule has 1 N–H and O–H groups in total. The van der Waals surface area contributed by atoms with Crippen LogP contribution in [0.3, 0.4) is 0 Å². The molecular weight excluding hydrogens is 281 g/mol. The fraction of sp³-hybridized carbons (Fsp3) is 0.357. The lowest BCUT2D eigenvalue weighted by molar-refractivity contribution is -0.144. The molecule has 0 aliphatic rings. The predicted molar refractivity (Wildman–Crippen MR) is 71.0 cm³/mol. The minimum atomic E-state index is -4.55. The highest BCUT2D eigenvalue weighted by Crippen LogP contribution is 2.27. The largest absolute Gasteiger partial charge is 0.451 e. The maximum Gasteiger partial charge on any atom is 0.451 e. The van der Waals surface area contributed by atoms with Gasteiger partial charge in [-0.05, 0) is 18.6 Å². The molecule has 0 bridgehead atoms. The van der Waals surface area contributed by atoms with Gasteiger partial charge in [-0.15, -0.1) is 0 Å². The number of rotatable bonds is 3. The SMILES string of the molecule is CCCCC#Cc1ccnc(-c2n[nH]c(C(F)(F)F)n2)c1. The summed E-state index contributed by atoms with van der Waals surface area (Å²) in [6.45, 7) is 2.08. The van der Waals surface area contributed by atoms with Crippen molar-refractivity contribution in [2.75, 3.05) is 0 Å². The second kappa shape index (κ2) is 6.39. The van der Waals surface area contributed by atoms with E-state index < -0.39 is 12.0 Å². The molecule has 2 rings (SSSR count). The minimum Gasteiger partial charge on any atom is -0.255 e. The van der Waals surface area contributed by atoms with Crippen LogP contribution in [0.25, 0.3) is 11.5 Å². The summed E-state index contributed by atoms with van der Waals surface area (Å²) in [5.41, 5.74) is 0.929. The standard InChI is InChI=1S/C14H13F3N4/c1-2-3-4-5-6-10-7-8-18-11(9-10)12-19-13(21-20-12)14(15,16)17/h7-9H,2-4H2,1H3,(H,19,20,21). The Morgan fingerprint density at radius 1 is 1.33 bits per heavy atom. The summed E-state index contributed by atoms with van der Waals surface area (Å²) in [6, 6.07) is 3.27. The molecule has 0 aliphatic carbocycles. The van der Waals surface area contributed by atoms with E-state index in [0.29, 0.717) is 5.56 Å². The normalized spacial score (nSPS) is 11.0. The second-order valence-corrected chi connectivity index (χ2v) is 4.34. The predicted octanol–water partition coefficient (Wildman–Crippen LogP) is 3.43. The number of unbranched alkanes of at least 4 members (excludes halogenated alkanes) is 2. The second-order valence-electron chi connectivity index (χ2n) is 4.34. The molecule has 2 heterocycles. The van der Waals surface area contributed by atoms with E-state index >= 15 is 0 Å². The van der Waals surface area contributed by atoms with Crippen LogP contribution in [0.4, 0.5) is 13.2 Å². The minimum absolute atomic E-state index is 0.0977. The van der Waals surface area contributed by atoms with Gasteiger partial charge in [0.25, 0.3) is 0 Å². The topological polar surface area (TPSA) is 54.5 Å². The number of aromatic nitrogens is 4. The molecule has 0 aromatic carbocycles. The number of nitrogens with zero attached hydrogens (tertiary/aromatic N) is 3. The van der Waals surface area contributed by atoms with Crippen LogP contribution in [-0.2, 0) is 6.18 Å². The third-order valence-electron chi connectivity index (χ3n) is 2.63. The molecule has 0 fully saturated rings. The van der Waals surface area contributed by atoms with Gasteiger partial charge < -0.3 is 0 Å². The van der Waals surface area contributed by atoms with Crippen molar-refractivity contribution in [2.45, 2.75) is 32.4 Å². The van der Waals surface area contributed by atoms with Gasteiger partial charge in [0.05, 0.1) is 0 Å². The van der Waals surface area contributed by atoms with Crippen LogP contribution in [0.15, 0.2) is 18.3 Å². The zero-order valence-corrected chi connectivity index (χ0v) is 11.3. The molecule has 7 heteroatoms. The summed E-state index contributed by atoms with van der Waals surface area (Å²) < 4.78 is 37.4. The number of nitrogens with one attached hydrogen (secondary N) is 1. The zero-order chi connectivity index (χ0) is 15.3. The third-order valence-corrected chi connectivity index (χ3v) is 2.63. The molecule has 0 atom stereocenters. The van der Waals surface area contributed by atoms with Crippen molar-refractivity contribution in [1.29, 1.82) is 0 Å². The van der Waals surface area contributed by atoms with E-state index in [9.17, 15) is 13.2 Å². The van der Waals surface area contributed by atoms with Gasteiger partial charge in [-0.2, -0.15) is 18.3 Å². The van der Waals surface area contributed by atoms with Crippen molar-refractivity contribution in [3.63, 3.8) is 0 Å². The number of alkyl halides is 3. The van der Waals surface area contributed by atoms with Gasteiger partial charge in [-0.25, -0.2) is 4.98 Å². The Bertz CT molecular complexity index is 665. The average Bonchev–Trinajstić information content (AvgIpc) is 2.94. The Kier molecular flexibility index (Phi) is 4.58. The van der Waals surface area contributed by atoms with Crippen LogP contribution in [0.2, 0.25) is 0 Å². The van der Waals surface area contributed by atoms with Crippen molar-refractivity contribution < 1.29 is 13.2 Å². The summed E-state index contributed by atoms with van der Waals surface area (Å²) in [6.07, 6.45) is -0.215. The van der Waals surface area contributed by atoms with E-state index in [1.807, 2.05) is 5.10 Å². The number of halogens is 3. The number of H-pyrrole nitrogens is 1. The molecule has 2 aromatic rings. The van der Waals surface area contributed by atoms with E-state index in [4.69, 9.17) is 0 Å². The Morgan fingerprint density at radius 2 is 2.14 bits per heavy atom. The van der Waals surface area contributed by atoms with Crippen LogP contribution in [0, 0.1) is 11.8 Å². The highest BCUT2D eigenvalue weighted by molar-refractivity contribution is 5.52. The number of hydrogen-bond acceptors (Lipinski definition) is 3. The van der Waals surface area contributed by atoms with Crippen LogP contribution < -0.4 is 0 Å². The third kappa shape index (κ3) is 4.05. The summed E-state index contributed by atoms with van der Waals surface area (Å²) in [5.74, 6) is 4.72. The maximum atomic E-state index is 12.5. The molecule has 0 saturated carbocycles. The Balaban J connectivity index is 2.20. The van der Waals surface area contributed by atoms with Crippen LogP contribution in [-0.4, -0.2) is 20.2 Å². The van der Waals surface area contributed by atoms with Gasteiger partial charge >= 0.3 is 6.18 Å². The molecule has 0 unspecified atom stereocenters. The van der Waals surface area contributed by atoms with Crippen molar-refractivity contribution >= 4 is 0 Å². The molecule has 4 nitrogen and oxygen atoms in total. The molecule has 0 saturated heterocycles. The Labute approximate surface area is 119 Å². The fourth-order valence-corrected chi connectivity index (χ4v) is 1.56. The number of hydrogen-bond donors (Lipinski definition) is 1. The molecule has 0 radical (unpaired) electrons. The number of aromatic amines is 1. The lowest BCUT2D eigenvalue weighted by Gasteiger charge is -1.98. The summed E-state index contributed by atoms with van der Waals surface area (Å²) in [4.78, 5) is 7.37. The highest BCUT2D eigenvalue weighted by atomic mass is 19.4. The first-order valence-corrected chi connectivity index (χ1v) is 6.45. The molecule has 110 valence electrons. The van der Waals surface area contributed by atoms with Crippen molar-refractivity contribution in [1.82, 2.24) is 20.2 Å². The van der Waals surface area contributed by atoms with Crippen LogP contribution in [0.5, 0.6) is 0 Å². The smallest absolute Gasteiger partial charge is 0.255 e. The van der Waals surface area contributed by atoms with Gasteiger partial charge in [-0.3, -0.25) is 10.1 Å². The lowest BCUT2D eigenvalue weighted by Crippen LogP contribution is -2.07. The Hall–Kier alpha value is -2.36. The van der Waals surface area contributed by atoms with Gasteiger partial charge in [0, 0.05) is 18.2 Å². The summed E-state index contributed by atoms with van der Waals surface area (Å²) >= 11 is 0. The van der Waals surface area contributed by atoms with E-state index in [-0.39, 0.29) is 11.5 Å². The number of pyridine rings is 1. The fourth-order valence-electron chi connectivity index (χ4n) is 1.56. The molecule has 0 aliphatic heterocycles. The van der Waals surface area contributed by atoms with E-state index in [0.717, 1.165) is 19.3 Å². The molecule has 0 spiro atoms. The van der Waals surface area contributed by atoms with Gasteiger partial charge in [0.15, 0.2) is 5.82 Å². The van der Waals surface area contributed by atoms with Crippen molar-refractivity contribution in [3.05, 3.63) is 29.7 Å². The molecule has 0 amide bonds. The van der Waals surface area contributed by atoms with E-state index in [1.165, 1.54) is 6.20 Å². The molecule has 21 heavy (non-hydrogen) atoms. The first-order valence-electron chi connectivity index (χ1n) is 6.45. The van der Waals surface area contributed by atoms with Crippen molar-refractivity contribution in [2.24, 2.45) is 0 Å². The average molecular weight is 294 g/mol. The lowest BCUT2D eigenvalue weighted by atomic mass is 10.2.